The predicted octanol–water partition coefficient (Wildman–Crippen LogP) is 2.70. The van der Waals surface area contributed by atoms with Crippen molar-refractivity contribution < 1.29 is 19.1 Å². The molecule has 0 saturated heterocycles. The van der Waals surface area contributed by atoms with Crippen LogP contribution in [0.25, 0.3) is 11.4 Å². The van der Waals surface area contributed by atoms with Crippen molar-refractivity contribution in [3.8, 4) is 17.1 Å². The van der Waals surface area contributed by atoms with E-state index < -0.39 is 0 Å². The Hall–Kier alpha value is -2.55. The maximum Gasteiger partial charge on any atom is 0.305 e. The van der Waals surface area contributed by atoms with Crippen molar-refractivity contribution in [2.45, 2.75) is 37.9 Å². The molecule has 0 bridgehead atoms. The summed E-state index contributed by atoms with van der Waals surface area (Å²) < 4.78 is 11.8. The van der Waals surface area contributed by atoms with E-state index in [1.165, 1.54) is 18.9 Å². The largest absolute Gasteiger partial charge is 0.497 e. The van der Waals surface area contributed by atoms with Crippen LogP contribution in [0.3, 0.4) is 0 Å². The second-order valence-electron chi connectivity index (χ2n) is 6.32. The first kappa shape index (κ1) is 21.7. The van der Waals surface area contributed by atoms with Gasteiger partial charge in [-0.3, -0.25) is 14.2 Å². The molecule has 1 N–H and O–H groups in total. The van der Waals surface area contributed by atoms with Gasteiger partial charge in [-0.15, -0.1) is 10.2 Å². The summed E-state index contributed by atoms with van der Waals surface area (Å²) in [5.41, 5.74) is 0.932. The monoisotopic (exact) mass is 406 g/mol. The molecule has 0 aliphatic carbocycles. The summed E-state index contributed by atoms with van der Waals surface area (Å²) in [5, 5.41) is 12.1. The van der Waals surface area contributed by atoms with E-state index in [2.05, 4.69) is 20.3 Å². The van der Waals surface area contributed by atoms with Crippen LogP contribution in [-0.4, -0.2) is 53.2 Å². The van der Waals surface area contributed by atoms with Crippen LogP contribution >= 0.6 is 11.8 Å². The van der Waals surface area contributed by atoms with Crippen LogP contribution in [-0.2, 0) is 14.3 Å². The minimum atomic E-state index is -0.278. The van der Waals surface area contributed by atoms with E-state index in [9.17, 15) is 9.59 Å². The van der Waals surface area contributed by atoms with Crippen LogP contribution in [0.4, 0.5) is 0 Å². The van der Waals surface area contributed by atoms with E-state index in [4.69, 9.17) is 4.74 Å². The molecule has 1 aromatic carbocycles. The molecule has 152 valence electrons. The molecule has 9 heteroatoms. The van der Waals surface area contributed by atoms with Gasteiger partial charge in [-0.2, -0.15) is 0 Å². The van der Waals surface area contributed by atoms with Crippen molar-refractivity contribution in [2.75, 3.05) is 26.5 Å². The lowest BCUT2D eigenvalue weighted by Crippen LogP contribution is -2.26. The molecular weight excluding hydrogens is 380 g/mol. The first-order valence-corrected chi connectivity index (χ1v) is 10.0. The van der Waals surface area contributed by atoms with Gasteiger partial charge in [0.25, 0.3) is 0 Å². The van der Waals surface area contributed by atoms with Crippen LogP contribution in [0.2, 0.25) is 0 Å². The van der Waals surface area contributed by atoms with Crippen molar-refractivity contribution in [3.63, 3.8) is 0 Å². The number of rotatable bonds is 10. The number of thioether (sulfide) groups is 1. The maximum atomic E-state index is 12.0. The van der Waals surface area contributed by atoms with Crippen molar-refractivity contribution >= 4 is 23.6 Å². The first-order chi connectivity index (χ1) is 13.5. The number of nitrogens with one attached hydrogen (secondary N) is 1. The Morgan fingerprint density at radius 2 is 1.89 bits per heavy atom. The Kier molecular flexibility index (Phi) is 8.31. The fourth-order valence-corrected chi connectivity index (χ4v) is 3.42. The summed E-state index contributed by atoms with van der Waals surface area (Å²) in [6.07, 6.45) is 0.837. The van der Waals surface area contributed by atoms with Crippen molar-refractivity contribution in [3.05, 3.63) is 24.3 Å². The average molecular weight is 407 g/mol. The number of carbonyl (C=O) groups is 2. The second kappa shape index (κ2) is 10.7. The molecule has 2 rings (SSSR count). The van der Waals surface area contributed by atoms with Gasteiger partial charge in [-0.25, -0.2) is 0 Å². The molecule has 0 radical (unpaired) electrons. The SMILES string of the molecule is COC(=O)CCCNC(=O)CSc1nnc(-c2ccc(OC)cc2)n1C(C)C. The highest BCUT2D eigenvalue weighted by molar-refractivity contribution is 7.99. The number of esters is 1. The first-order valence-electron chi connectivity index (χ1n) is 9.02. The number of hydrogen-bond donors (Lipinski definition) is 1. The summed E-state index contributed by atoms with van der Waals surface area (Å²) in [6.45, 7) is 4.53. The minimum Gasteiger partial charge on any atom is -0.497 e. The van der Waals surface area contributed by atoms with E-state index in [0.717, 1.165) is 17.1 Å². The lowest BCUT2D eigenvalue weighted by atomic mass is 10.2. The molecular formula is C19H26N4O4S. The van der Waals surface area contributed by atoms with Gasteiger partial charge in [0.15, 0.2) is 11.0 Å². The van der Waals surface area contributed by atoms with E-state index in [-0.39, 0.29) is 30.1 Å². The Morgan fingerprint density at radius 1 is 1.18 bits per heavy atom. The highest BCUT2D eigenvalue weighted by Gasteiger charge is 2.18. The molecule has 1 aromatic heterocycles. The number of ether oxygens (including phenoxy) is 2. The summed E-state index contributed by atoms with van der Waals surface area (Å²) in [4.78, 5) is 23.1. The van der Waals surface area contributed by atoms with Crippen LogP contribution in [0.1, 0.15) is 32.7 Å². The molecule has 1 heterocycles. The molecule has 0 fully saturated rings. The van der Waals surface area contributed by atoms with Crippen LogP contribution < -0.4 is 10.1 Å². The molecule has 2 aromatic rings. The van der Waals surface area contributed by atoms with Crippen molar-refractivity contribution in [2.24, 2.45) is 0 Å². The number of aromatic nitrogens is 3. The molecule has 8 nitrogen and oxygen atoms in total. The molecule has 0 aliphatic heterocycles. The number of hydrogen-bond acceptors (Lipinski definition) is 7. The molecule has 0 spiro atoms. The van der Waals surface area contributed by atoms with Crippen LogP contribution in [0, 0.1) is 0 Å². The topological polar surface area (TPSA) is 95.3 Å². The quantitative estimate of drug-likeness (QED) is 0.368. The fraction of sp³-hybridized carbons (Fsp3) is 0.474. The Bertz CT molecular complexity index is 790. The van der Waals surface area contributed by atoms with E-state index in [1.54, 1.807) is 7.11 Å². The fourth-order valence-electron chi connectivity index (χ4n) is 2.52. The van der Waals surface area contributed by atoms with E-state index in [1.807, 2.05) is 42.7 Å². The van der Waals surface area contributed by atoms with Gasteiger partial charge < -0.3 is 14.8 Å². The third-order valence-electron chi connectivity index (χ3n) is 3.97. The highest BCUT2D eigenvalue weighted by atomic mass is 32.2. The number of benzene rings is 1. The van der Waals surface area contributed by atoms with E-state index >= 15 is 0 Å². The highest BCUT2D eigenvalue weighted by Crippen LogP contribution is 2.28. The summed E-state index contributed by atoms with van der Waals surface area (Å²) in [7, 11) is 2.98. The zero-order valence-electron chi connectivity index (χ0n) is 16.6. The number of carbonyl (C=O) groups excluding carboxylic acids is 2. The normalized spacial score (nSPS) is 10.8. The zero-order valence-corrected chi connectivity index (χ0v) is 17.4. The molecule has 0 saturated carbocycles. The number of amides is 1. The Balaban J connectivity index is 1.97. The van der Waals surface area contributed by atoms with Crippen molar-refractivity contribution in [1.82, 2.24) is 20.1 Å². The zero-order chi connectivity index (χ0) is 20.5. The molecule has 28 heavy (non-hydrogen) atoms. The lowest BCUT2D eigenvalue weighted by Gasteiger charge is -2.14. The molecule has 0 atom stereocenters. The van der Waals surface area contributed by atoms with Gasteiger partial charge in [0, 0.05) is 24.6 Å². The van der Waals surface area contributed by atoms with E-state index in [0.29, 0.717) is 18.1 Å². The van der Waals surface area contributed by atoms with Crippen LogP contribution in [0.5, 0.6) is 5.75 Å². The van der Waals surface area contributed by atoms with Gasteiger partial charge >= 0.3 is 5.97 Å². The molecule has 1 amide bonds. The summed E-state index contributed by atoms with van der Waals surface area (Å²) >= 11 is 1.34. The van der Waals surface area contributed by atoms with Gasteiger partial charge in [0.1, 0.15) is 5.75 Å². The lowest BCUT2D eigenvalue weighted by molar-refractivity contribution is -0.140. The molecule has 0 unspecified atom stereocenters. The standard InChI is InChI=1S/C19H26N4O4S/c1-13(2)23-18(14-7-9-15(26-3)10-8-14)21-22-19(23)28-12-16(24)20-11-5-6-17(25)27-4/h7-10,13H,5-6,11-12H2,1-4H3,(H,20,24). The second-order valence-corrected chi connectivity index (χ2v) is 7.26. The third-order valence-corrected chi connectivity index (χ3v) is 4.91. The summed E-state index contributed by atoms with van der Waals surface area (Å²) in [6, 6.07) is 7.76. The molecule has 0 aliphatic rings. The average Bonchev–Trinajstić information content (AvgIpc) is 3.13. The van der Waals surface area contributed by atoms with Gasteiger partial charge in [0.2, 0.25) is 5.91 Å². The van der Waals surface area contributed by atoms with Gasteiger partial charge in [-0.05, 0) is 44.5 Å². The van der Waals surface area contributed by atoms with Gasteiger partial charge in [0.05, 0.1) is 20.0 Å². The number of methoxy groups -OCH3 is 2. The summed E-state index contributed by atoms with van der Waals surface area (Å²) in [5.74, 6) is 1.36. The maximum absolute atomic E-state index is 12.0. The predicted molar refractivity (Wildman–Crippen MR) is 107 cm³/mol. The number of nitrogens with zero attached hydrogens (tertiary/aromatic N) is 3. The smallest absolute Gasteiger partial charge is 0.305 e. The minimum absolute atomic E-state index is 0.112. The van der Waals surface area contributed by atoms with Crippen LogP contribution in [0.15, 0.2) is 29.4 Å². The van der Waals surface area contributed by atoms with Gasteiger partial charge in [-0.1, -0.05) is 11.8 Å². The van der Waals surface area contributed by atoms with Crippen molar-refractivity contribution in [1.29, 1.82) is 0 Å². The third kappa shape index (κ3) is 5.98. The Labute approximate surface area is 169 Å². The Morgan fingerprint density at radius 3 is 2.50 bits per heavy atom.